The van der Waals surface area contributed by atoms with E-state index >= 15 is 0 Å². The van der Waals surface area contributed by atoms with Gasteiger partial charge in [-0.1, -0.05) is 23.6 Å². The van der Waals surface area contributed by atoms with E-state index in [0.717, 1.165) is 16.9 Å². The summed E-state index contributed by atoms with van der Waals surface area (Å²) in [7, 11) is -3.65. The third-order valence-corrected chi connectivity index (χ3v) is 5.28. The molecule has 0 spiro atoms. The molecule has 5 heteroatoms. The molecular weight excluding hydrogens is 298 g/mol. The van der Waals surface area contributed by atoms with Gasteiger partial charge in [0, 0.05) is 0 Å². The van der Waals surface area contributed by atoms with Gasteiger partial charge in [-0.15, -0.1) is 6.42 Å². The van der Waals surface area contributed by atoms with E-state index in [0.29, 0.717) is 5.76 Å². The van der Waals surface area contributed by atoms with E-state index in [2.05, 4.69) is 5.92 Å². The lowest BCUT2D eigenvalue weighted by Crippen LogP contribution is -2.31. The average Bonchev–Trinajstić information content (AvgIpc) is 2.77. The molecular formula is C17H19NO3S. The molecule has 0 radical (unpaired) electrons. The molecule has 1 heterocycles. The summed E-state index contributed by atoms with van der Waals surface area (Å²) in [5.74, 6) is 3.77. The van der Waals surface area contributed by atoms with Crippen molar-refractivity contribution in [2.45, 2.75) is 32.2 Å². The number of hydrogen-bond acceptors (Lipinski definition) is 3. The Morgan fingerprint density at radius 1 is 1.18 bits per heavy atom. The van der Waals surface area contributed by atoms with E-state index in [-0.39, 0.29) is 18.0 Å². The highest BCUT2D eigenvalue weighted by atomic mass is 32.2. The first-order valence-electron chi connectivity index (χ1n) is 6.91. The third kappa shape index (κ3) is 3.41. The Morgan fingerprint density at radius 3 is 2.32 bits per heavy atom. The summed E-state index contributed by atoms with van der Waals surface area (Å²) >= 11 is 0. The second-order valence-electron chi connectivity index (χ2n) is 5.24. The lowest BCUT2D eigenvalue weighted by atomic mass is 10.2. The number of nitrogens with zero attached hydrogens (tertiary/aromatic N) is 1. The van der Waals surface area contributed by atoms with Crippen LogP contribution in [0, 0.1) is 33.1 Å². The van der Waals surface area contributed by atoms with E-state index < -0.39 is 10.0 Å². The summed E-state index contributed by atoms with van der Waals surface area (Å²) in [5.41, 5.74) is 1.99. The Bertz CT molecular complexity index is 776. The minimum atomic E-state index is -3.65. The molecule has 0 saturated carbocycles. The molecule has 0 atom stereocenters. The maximum Gasteiger partial charge on any atom is 0.244 e. The predicted octanol–water partition coefficient (Wildman–Crippen LogP) is 3.03. The highest BCUT2D eigenvalue weighted by Crippen LogP contribution is 2.21. The van der Waals surface area contributed by atoms with Crippen molar-refractivity contribution in [3.05, 3.63) is 53.0 Å². The zero-order valence-electron chi connectivity index (χ0n) is 13.0. The maximum absolute atomic E-state index is 12.7. The van der Waals surface area contributed by atoms with Crippen LogP contribution in [0.2, 0.25) is 0 Å². The molecule has 116 valence electrons. The van der Waals surface area contributed by atoms with Crippen molar-refractivity contribution in [2.24, 2.45) is 0 Å². The number of sulfonamides is 1. The molecule has 22 heavy (non-hydrogen) atoms. The fraction of sp³-hybridized carbons (Fsp3) is 0.294. The zero-order valence-corrected chi connectivity index (χ0v) is 13.8. The Morgan fingerprint density at radius 2 is 1.82 bits per heavy atom. The van der Waals surface area contributed by atoms with Gasteiger partial charge in [0.25, 0.3) is 0 Å². The van der Waals surface area contributed by atoms with Gasteiger partial charge in [-0.3, -0.25) is 0 Å². The minimum absolute atomic E-state index is 0.00496. The molecule has 0 fully saturated rings. The standard InChI is InChI=1S/C17H19NO3S/c1-5-10-18(12-16-11-14(3)15(4)21-16)22(19,20)17-8-6-13(2)7-9-17/h1,6-9,11H,10,12H2,2-4H3. The van der Waals surface area contributed by atoms with Crippen molar-refractivity contribution in [1.29, 1.82) is 0 Å². The second kappa shape index (κ2) is 6.39. The van der Waals surface area contributed by atoms with Crippen LogP contribution in [0.5, 0.6) is 0 Å². The largest absolute Gasteiger partial charge is 0.465 e. The molecule has 0 aliphatic carbocycles. The van der Waals surface area contributed by atoms with E-state index in [4.69, 9.17) is 10.8 Å². The van der Waals surface area contributed by atoms with Crippen molar-refractivity contribution in [3.63, 3.8) is 0 Å². The van der Waals surface area contributed by atoms with Gasteiger partial charge in [-0.25, -0.2) is 8.42 Å². The summed E-state index contributed by atoms with van der Waals surface area (Å²) < 4.78 is 32.2. The summed E-state index contributed by atoms with van der Waals surface area (Å²) in [6, 6.07) is 8.55. The van der Waals surface area contributed by atoms with Crippen LogP contribution in [0.3, 0.4) is 0 Å². The van der Waals surface area contributed by atoms with Crippen LogP contribution in [0.1, 0.15) is 22.6 Å². The molecule has 1 aromatic heterocycles. The third-order valence-electron chi connectivity index (χ3n) is 3.48. The van der Waals surface area contributed by atoms with Gasteiger partial charge in [0.2, 0.25) is 10.0 Å². The van der Waals surface area contributed by atoms with Crippen LogP contribution in [-0.2, 0) is 16.6 Å². The van der Waals surface area contributed by atoms with Crippen LogP contribution in [0.4, 0.5) is 0 Å². The quantitative estimate of drug-likeness (QED) is 0.797. The first kappa shape index (κ1) is 16.3. The fourth-order valence-corrected chi connectivity index (χ4v) is 3.41. The van der Waals surface area contributed by atoms with E-state index in [9.17, 15) is 8.42 Å². The number of benzene rings is 1. The number of hydrogen-bond donors (Lipinski definition) is 0. The molecule has 0 N–H and O–H groups in total. The predicted molar refractivity (Wildman–Crippen MR) is 85.8 cm³/mol. The molecule has 2 rings (SSSR count). The normalized spacial score (nSPS) is 11.6. The number of aryl methyl sites for hydroxylation is 3. The van der Waals surface area contributed by atoms with Crippen LogP contribution in [0.25, 0.3) is 0 Å². The monoisotopic (exact) mass is 317 g/mol. The molecule has 0 bridgehead atoms. The fourth-order valence-electron chi connectivity index (χ4n) is 2.09. The average molecular weight is 317 g/mol. The number of rotatable bonds is 5. The van der Waals surface area contributed by atoms with Gasteiger partial charge in [-0.2, -0.15) is 4.31 Å². The first-order chi connectivity index (χ1) is 10.3. The zero-order chi connectivity index (χ0) is 16.3. The number of furan rings is 1. The molecule has 0 aliphatic rings. The summed E-state index contributed by atoms with van der Waals surface area (Å²) in [6.45, 7) is 5.79. The van der Waals surface area contributed by atoms with Gasteiger partial charge in [0.05, 0.1) is 18.0 Å². The summed E-state index contributed by atoms with van der Waals surface area (Å²) in [5, 5.41) is 0. The van der Waals surface area contributed by atoms with E-state index in [1.165, 1.54) is 4.31 Å². The van der Waals surface area contributed by atoms with Gasteiger partial charge < -0.3 is 4.42 Å². The Balaban J connectivity index is 2.34. The number of terminal acetylenes is 1. The van der Waals surface area contributed by atoms with Crippen molar-refractivity contribution >= 4 is 10.0 Å². The SMILES string of the molecule is C#CCN(Cc1cc(C)c(C)o1)S(=O)(=O)c1ccc(C)cc1. The van der Waals surface area contributed by atoms with Crippen molar-refractivity contribution < 1.29 is 12.8 Å². The van der Waals surface area contributed by atoms with Gasteiger partial charge in [-0.05, 0) is 44.5 Å². The molecule has 1 aromatic carbocycles. The molecule has 0 amide bonds. The van der Waals surface area contributed by atoms with Gasteiger partial charge in [0.15, 0.2) is 0 Å². The lowest BCUT2D eigenvalue weighted by Gasteiger charge is -2.19. The minimum Gasteiger partial charge on any atom is -0.465 e. The van der Waals surface area contributed by atoms with E-state index in [1.54, 1.807) is 24.3 Å². The van der Waals surface area contributed by atoms with Gasteiger partial charge >= 0.3 is 0 Å². The first-order valence-corrected chi connectivity index (χ1v) is 8.35. The van der Waals surface area contributed by atoms with Crippen LogP contribution < -0.4 is 0 Å². The van der Waals surface area contributed by atoms with Crippen molar-refractivity contribution in [1.82, 2.24) is 4.31 Å². The molecule has 0 aliphatic heterocycles. The molecule has 4 nitrogen and oxygen atoms in total. The van der Waals surface area contributed by atoms with Crippen LogP contribution >= 0.6 is 0 Å². The van der Waals surface area contributed by atoms with Gasteiger partial charge in [0.1, 0.15) is 11.5 Å². The van der Waals surface area contributed by atoms with E-state index in [1.807, 2.05) is 26.8 Å². The van der Waals surface area contributed by atoms with Crippen molar-refractivity contribution in [3.8, 4) is 12.3 Å². The molecule has 0 saturated heterocycles. The highest BCUT2D eigenvalue weighted by Gasteiger charge is 2.25. The summed E-state index contributed by atoms with van der Waals surface area (Å²) in [4.78, 5) is 0.230. The lowest BCUT2D eigenvalue weighted by molar-refractivity contribution is 0.381. The Hall–Kier alpha value is -2.03. The second-order valence-corrected chi connectivity index (χ2v) is 7.18. The highest BCUT2D eigenvalue weighted by molar-refractivity contribution is 7.89. The van der Waals surface area contributed by atoms with Crippen LogP contribution in [-0.4, -0.2) is 19.3 Å². The Labute approximate surface area is 131 Å². The Kier molecular flexibility index (Phi) is 4.74. The molecule has 2 aromatic rings. The maximum atomic E-state index is 12.7. The molecule has 0 unspecified atom stereocenters. The topological polar surface area (TPSA) is 50.5 Å². The van der Waals surface area contributed by atoms with Crippen LogP contribution in [0.15, 0.2) is 39.6 Å². The van der Waals surface area contributed by atoms with Crippen molar-refractivity contribution in [2.75, 3.05) is 6.54 Å². The smallest absolute Gasteiger partial charge is 0.244 e. The summed E-state index contributed by atoms with van der Waals surface area (Å²) in [6.07, 6.45) is 5.33.